The summed E-state index contributed by atoms with van der Waals surface area (Å²) in [5.41, 5.74) is 0.733. The van der Waals surface area contributed by atoms with Crippen molar-refractivity contribution in [2.24, 2.45) is 0 Å². The monoisotopic (exact) mass is 559 g/mol. The molecule has 1 aromatic heterocycles. The van der Waals surface area contributed by atoms with Gasteiger partial charge in [0.15, 0.2) is 0 Å². The molecule has 11 heteroatoms. The van der Waals surface area contributed by atoms with E-state index in [1.54, 1.807) is 6.20 Å². The topological polar surface area (TPSA) is 127 Å². The zero-order valence-corrected chi connectivity index (χ0v) is 24.1. The number of pyridine rings is 1. The minimum Gasteiger partial charge on any atom is -0.309 e. The number of anilines is 1. The van der Waals surface area contributed by atoms with Crippen LogP contribution in [0, 0.1) is 0 Å². The molecule has 1 aromatic carbocycles. The first kappa shape index (κ1) is 29.7. The van der Waals surface area contributed by atoms with Crippen molar-refractivity contribution in [3.05, 3.63) is 36.7 Å². The minimum atomic E-state index is -3.18. The second-order valence-electron chi connectivity index (χ2n) is 11.0. The van der Waals surface area contributed by atoms with E-state index in [0.717, 1.165) is 35.7 Å². The minimum absolute atomic E-state index is 0.00397. The smallest absolute Gasteiger partial charge is 0.309 e. The van der Waals surface area contributed by atoms with Gasteiger partial charge in [0.05, 0.1) is 12.4 Å². The van der Waals surface area contributed by atoms with E-state index in [9.17, 15) is 13.2 Å². The van der Waals surface area contributed by atoms with E-state index in [1.165, 1.54) is 44.8 Å². The second-order valence-corrected chi connectivity index (χ2v) is 12.8. The van der Waals surface area contributed by atoms with E-state index in [1.807, 2.05) is 30.5 Å². The molecule has 0 bridgehead atoms. The van der Waals surface area contributed by atoms with E-state index >= 15 is 0 Å². The van der Waals surface area contributed by atoms with Gasteiger partial charge in [0.25, 0.3) is 0 Å². The number of fused-ring (bicyclic) bond motifs is 1. The van der Waals surface area contributed by atoms with E-state index in [-0.39, 0.29) is 24.5 Å². The Morgan fingerprint density at radius 3 is 2.54 bits per heavy atom. The fraction of sp³-hybridized carbons (Fsp3) is 0.643. The molecule has 2 amide bonds. The molecule has 39 heavy (non-hydrogen) atoms. The maximum atomic E-state index is 13.2. The van der Waals surface area contributed by atoms with Crippen molar-refractivity contribution in [1.29, 1.82) is 0 Å². The maximum absolute atomic E-state index is 13.2. The highest BCUT2D eigenvalue weighted by Gasteiger charge is 2.37. The van der Waals surface area contributed by atoms with Gasteiger partial charge < -0.3 is 16.0 Å². The van der Waals surface area contributed by atoms with E-state index < -0.39 is 10.0 Å². The Labute approximate surface area is 233 Å². The lowest BCUT2D eigenvalue weighted by Crippen LogP contribution is -2.71. The molecule has 216 valence electrons. The van der Waals surface area contributed by atoms with E-state index in [0.29, 0.717) is 25.6 Å². The van der Waals surface area contributed by atoms with E-state index in [2.05, 4.69) is 42.8 Å². The Morgan fingerprint density at radius 1 is 1.05 bits per heavy atom. The number of hydrogen-bond acceptors (Lipinski definition) is 7. The Bertz CT molecular complexity index is 1170. The van der Waals surface area contributed by atoms with Gasteiger partial charge in [0.1, 0.15) is 6.29 Å². The number of amides is 2. The van der Waals surface area contributed by atoms with E-state index in [4.69, 9.17) is 0 Å². The van der Waals surface area contributed by atoms with Crippen LogP contribution < -0.4 is 26.0 Å². The summed E-state index contributed by atoms with van der Waals surface area (Å²) in [7, 11) is -3.18. The SMILES string of the molecule is CC1CC(NCCCNS(C)(=O)=O)NC(NC(=O)Nc2ccc3cnccc3c2)N1C1CCCCCCCC1. The highest BCUT2D eigenvalue weighted by Crippen LogP contribution is 2.27. The third-order valence-electron chi connectivity index (χ3n) is 7.76. The van der Waals surface area contributed by atoms with Gasteiger partial charge in [0, 0.05) is 42.1 Å². The van der Waals surface area contributed by atoms with Gasteiger partial charge in [0.2, 0.25) is 10.0 Å². The standard InChI is InChI=1S/C28H45N7O3S/c1-21-18-26(30-15-9-16-31-39(2,37)38)33-27(35(21)25-10-7-5-3-4-6-8-11-25)34-28(36)32-24-13-12-23-20-29-17-14-22(23)19-24/h12-14,17,19-21,25-27,30-31,33H,3-11,15-16,18H2,1-2H3,(H2,32,34,36). The van der Waals surface area contributed by atoms with Crippen LogP contribution in [0.1, 0.15) is 71.1 Å². The number of hydrogen-bond donors (Lipinski definition) is 5. The number of aromatic nitrogens is 1. The number of sulfonamides is 1. The van der Waals surface area contributed by atoms with Gasteiger partial charge in [-0.1, -0.05) is 44.6 Å². The lowest BCUT2D eigenvalue weighted by atomic mass is 9.98. The largest absolute Gasteiger partial charge is 0.321 e. The molecule has 0 radical (unpaired) electrons. The lowest BCUT2D eigenvalue weighted by molar-refractivity contribution is -0.00857. The van der Waals surface area contributed by atoms with Crippen molar-refractivity contribution in [2.75, 3.05) is 24.7 Å². The summed E-state index contributed by atoms with van der Waals surface area (Å²) >= 11 is 0. The van der Waals surface area contributed by atoms with Crippen molar-refractivity contribution in [2.45, 2.75) is 95.7 Å². The van der Waals surface area contributed by atoms with Crippen molar-refractivity contribution in [1.82, 2.24) is 30.6 Å². The molecule has 1 saturated heterocycles. The van der Waals surface area contributed by atoms with Crippen molar-refractivity contribution >= 4 is 32.5 Å². The Hall–Kier alpha value is -2.31. The first-order chi connectivity index (χ1) is 18.8. The number of nitrogens with zero attached hydrogens (tertiary/aromatic N) is 2. The Balaban J connectivity index is 1.42. The van der Waals surface area contributed by atoms with Crippen LogP contribution in [0.25, 0.3) is 10.8 Å². The predicted octanol–water partition coefficient (Wildman–Crippen LogP) is 3.68. The molecule has 2 aromatic rings. The van der Waals surface area contributed by atoms with Crippen molar-refractivity contribution in [3.63, 3.8) is 0 Å². The van der Waals surface area contributed by atoms with Gasteiger partial charge in [-0.25, -0.2) is 17.9 Å². The molecule has 3 atom stereocenters. The van der Waals surface area contributed by atoms with Gasteiger partial charge >= 0.3 is 6.03 Å². The van der Waals surface area contributed by atoms with Crippen LogP contribution >= 0.6 is 0 Å². The summed E-state index contributed by atoms with van der Waals surface area (Å²) in [6, 6.07) is 8.17. The third-order valence-corrected chi connectivity index (χ3v) is 8.49. The number of urea groups is 1. The zero-order valence-electron chi connectivity index (χ0n) is 23.3. The molecule has 4 rings (SSSR count). The maximum Gasteiger partial charge on any atom is 0.321 e. The number of carbonyl (C=O) groups excluding carboxylic acids is 1. The number of benzene rings is 1. The van der Waals surface area contributed by atoms with Gasteiger partial charge in [-0.3, -0.25) is 15.2 Å². The molecule has 2 aliphatic rings. The van der Waals surface area contributed by atoms with Crippen LogP contribution in [0.2, 0.25) is 0 Å². The van der Waals surface area contributed by atoms with Crippen LogP contribution in [-0.4, -0.2) is 68.2 Å². The number of carbonyl (C=O) groups is 1. The highest BCUT2D eigenvalue weighted by molar-refractivity contribution is 7.88. The van der Waals surface area contributed by atoms with Gasteiger partial charge in [-0.15, -0.1) is 0 Å². The van der Waals surface area contributed by atoms with Crippen LogP contribution in [0.3, 0.4) is 0 Å². The average Bonchev–Trinajstić information content (AvgIpc) is 3.02. The number of rotatable bonds is 9. The van der Waals surface area contributed by atoms with Gasteiger partial charge in [-0.2, -0.15) is 0 Å². The van der Waals surface area contributed by atoms with Gasteiger partial charge in [-0.05, 0) is 62.7 Å². The molecule has 1 aliphatic heterocycles. The Kier molecular flexibility index (Phi) is 10.9. The van der Waals surface area contributed by atoms with Crippen LogP contribution in [0.15, 0.2) is 36.7 Å². The summed E-state index contributed by atoms with van der Waals surface area (Å²) in [4.78, 5) is 19.9. The number of nitrogens with one attached hydrogen (secondary N) is 5. The molecule has 10 nitrogen and oxygen atoms in total. The van der Waals surface area contributed by atoms with Crippen LogP contribution in [0.5, 0.6) is 0 Å². The molecule has 1 aliphatic carbocycles. The van der Waals surface area contributed by atoms with Crippen LogP contribution in [0.4, 0.5) is 10.5 Å². The molecule has 0 spiro atoms. The summed E-state index contributed by atoms with van der Waals surface area (Å²) in [5.74, 6) is 0. The first-order valence-electron chi connectivity index (χ1n) is 14.4. The molecule has 2 fully saturated rings. The fourth-order valence-electron chi connectivity index (χ4n) is 5.88. The zero-order chi connectivity index (χ0) is 27.7. The predicted molar refractivity (Wildman–Crippen MR) is 157 cm³/mol. The molecule has 1 saturated carbocycles. The van der Waals surface area contributed by atoms with Crippen molar-refractivity contribution < 1.29 is 13.2 Å². The molecular formula is C28H45N7O3S. The third kappa shape index (κ3) is 9.39. The summed E-state index contributed by atoms with van der Waals surface area (Å²) in [6.45, 7) is 3.31. The second kappa shape index (κ2) is 14.4. The molecule has 5 N–H and O–H groups in total. The summed E-state index contributed by atoms with van der Waals surface area (Å²) < 4.78 is 25.2. The molecule has 3 unspecified atom stereocenters. The molecule has 2 heterocycles. The Morgan fingerprint density at radius 2 is 1.79 bits per heavy atom. The van der Waals surface area contributed by atoms with Crippen LogP contribution in [-0.2, 0) is 10.0 Å². The quantitative estimate of drug-likeness (QED) is 0.297. The normalized spacial score (nSPS) is 24.0. The average molecular weight is 560 g/mol. The lowest BCUT2D eigenvalue weighted by Gasteiger charge is -2.49. The highest BCUT2D eigenvalue weighted by atomic mass is 32.2. The summed E-state index contributed by atoms with van der Waals surface area (Å²) in [5, 5.41) is 15.4. The van der Waals surface area contributed by atoms with Crippen molar-refractivity contribution in [3.8, 4) is 0 Å². The summed E-state index contributed by atoms with van der Waals surface area (Å²) in [6.07, 6.45) is 15.9. The molecular weight excluding hydrogens is 514 g/mol. The first-order valence-corrected chi connectivity index (χ1v) is 16.3. The fourth-order valence-corrected chi connectivity index (χ4v) is 6.39.